The lowest BCUT2D eigenvalue weighted by molar-refractivity contribution is 0.0636. The molecule has 1 amide bonds. The minimum Gasteiger partial charge on any atom is -0.436 e. The summed E-state index contributed by atoms with van der Waals surface area (Å²) in [6, 6.07) is 8.89. The number of piperidine rings is 1. The van der Waals surface area contributed by atoms with Crippen LogP contribution < -0.4 is 0 Å². The van der Waals surface area contributed by atoms with Crippen LogP contribution in [0.3, 0.4) is 0 Å². The maximum atomic E-state index is 12.9. The van der Waals surface area contributed by atoms with E-state index in [1.165, 1.54) is 6.42 Å². The smallest absolute Gasteiger partial charge is 0.254 e. The first-order chi connectivity index (χ1) is 12.9. The molecule has 1 fully saturated rings. The van der Waals surface area contributed by atoms with Crippen molar-refractivity contribution in [3.8, 4) is 11.5 Å². The summed E-state index contributed by atoms with van der Waals surface area (Å²) in [4.78, 5) is 19.3. The molecule has 2 heterocycles. The molecule has 1 atom stereocenters. The van der Waals surface area contributed by atoms with Crippen LogP contribution in [0.2, 0.25) is 15.1 Å². The second-order valence-electron chi connectivity index (χ2n) is 6.80. The number of oxazole rings is 1. The molecule has 3 aromatic rings. The Bertz CT molecular complexity index is 1010. The Morgan fingerprint density at radius 1 is 1.15 bits per heavy atom. The van der Waals surface area contributed by atoms with Crippen LogP contribution in [0.25, 0.3) is 22.6 Å². The summed E-state index contributed by atoms with van der Waals surface area (Å²) >= 11 is 18.2. The Morgan fingerprint density at radius 3 is 2.59 bits per heavy atom. The molecule has 27 heavy (non-hydrogen) atoms. The molecule has 1 aromatic heterocycles. The second-order valence-corrected chi connectivity index (χ2v) is 7.99. The molecule has 0 aliphatic carbocycles. The fraction of sp³-hybridized carbons (Fsp3) is 0.300. The molecule has 0 bridgehead atoms. The highest BCUT2D eigenvalue weighted by Crippen LogP contribution is 2.36. The van der Waals surface area contributed by atoms with E-state index in [0.717, 1.165) is 19.4 Å². The fourth-order valence-corrected chi connectivity index (χ4v) is 4.02. The molecule has 1 saturated heterocycles. The monoisotopic (exact) mass is 422 g/mol. The van der Waals surface area contributed by atoms with Crippen LogP contribution >= 0.6 is 34.8 Å². The number of hydrogen-bond acceptors (Lipinski definition) is 3. The Hall–Kier alpha value is -1.75. The number of carbonyl (C=O) groups excluding carboxylic acids is 1. The van der Waals surface area contributed by atoms with Crippen molar-refractivity contribution in [2.75, 3.05) is 6.54 Å². The van der Waals surface area contributed by atoms with Gasteiger partial charge < -0.3 is 9.32 Å². The minimum atomic E-state index is 0.0335. The fourth-order valence-electron chi connectivity index (χ4n) is 3.43. The summed E-state index contributed by atoms with van der Waals surface area (Å²) in [5.74, 6) is 0.410. The van der Waals surface area contributed by atoms with Gasteiger partial charge in [-0.25, -0.2) is 4.98 Å². The third-order valence-electron chi connectivity index (χ3n) is 4.93. The molecule has 2 aromatic carbocycles. The number of halogens is 3. The maximum absolute atomic E-state index is 12.9. The third-order valence-corrected chi connectivity index (χ3v) is 6.13. The van der Waals surface area contributed by atoms with Crippen LogP contribution in [-0.4, -0.2) is 28.4 Å². The van der Waals surface area contributed by atoms with Gasteiger partial charge in [0.15, 0.2) is 5.58 Å². The molecule has 4 rings (SSSR count). The van der Waals surface area contributed by atoms with Gasteiger partial charge in [-0.1, -0.05) is 34.8 Å². The van der Waals surface area contributed by atoms with Crippen molar-refractivity contribution in [1.82, 2.24) is 9.88 Å². The van der Waals surface area contributed by atoms with E-state index in [9.17, 15) is 4.79 Å². The van der Waals surface area contributed by atoms with Gasteiger partial charge in [-0.15, -0.1) is 0 Å². The average Bonchev–Trinajstić information content (AvgIpc) is 3.09. The number of benzene rings is 2. The first-order valence-corrected chi connectivity index (χ1v) is 9.94. The van der Waals surface area contributed by atoms with Gasteiger partial charge in [0.2, 0.25) is 5.89 Å². The number of rotatable bonds is 2. The van der Waals surface area contributed by atoms with Gasteiger partial charge in [0.05, 0.1) is 15.1 Å². The summed E-state index contributed by atoms with van der Waals surface area (Å²) in [5.41, 5.74) is 2.45. The van der Waals surface area contributed by atoms with Crippen LogP contribution in [0.4, 0.5) is 0 Å². The lowest BCUT2D eigenvalue weighted by atomic mass is 10.0. The highest BCUT2D eigenvalue weighted by molar-refractivity contribution is 6.48. The van der Waals surface area contributed by atoms with Gasteiger partial charge in [-0.05, 0) is 56.5 Å². The highest BCUT2D eigenvalue weighted by Gasteiger charge is 2.24. The molecular weight excluding hydrogens is 407 g/mol. The van der Waals surface area contributed by atoms with Gasteiger partial charge in [0.1, 0.15) is 5.52 Å². The highest BCUT2D eigenvalue weighted by atomic mass is 35.5. The van der Waals surface area contributed by atoms with Crippen LogP contribution in [-0.2, 0) is 0 Å². The van der Waals surface area contributed by atoms with Crippen molar-refractivity contribution in [3.63, 3.8) is 0 Å². The molecule has 0 N–H and O–H groups in total. The summed E-state index contributed by atoms with van der Waals surface area (Å²) < 4.78 is 5.81. The largest absolute Gasteiger partial charge is 0.436 e. The zero-order valence-electron chi connectivity index (χ0n) is 14.6. The van der Waals surface area contributed by atoms with Crippen LogP contribution in [0.5, 0.6) is 0 Å². The number of nitrogens with zero attached hydrogens (tertiary/aromatic N) is 2. The van der Waals surface area contributed by atoms with Gasteiger partial charge in [0, 0.05) is 23.7 Å². The molecule has 1 aliphatic heterocycles. The van der Waals surface area contributed by atoms with E-state index < -0.39 is 0 Å². The van der Waals surface area contributed by atoms with E-state index in [2.05, 4.69) is 11.9 Å². The predicted octanol–water partition coefficient (Wildman–Crippen LogP) is 6.47. The van der Waals surface area contributed by atoms with E-state index in [-0.39, 0.29) is 11.9 Å². The lowest BCUT2D eigenvalue weighted by Gasteiger charge is -2.33. The van der Waals surface area contributed by atoms with Crippen LogP contribution in [0, 0.1) is 0 Å². The molecule has 0 unspecified atom stereocenters. The molecule has 4 nitrogen and oxygen atoms in total. The molecule has 140 valence electrons. The van der Waals surface area contributed by atoms with Crippen molar-refractivity contribution >= 4 is 51.8 Å². The molecule has 1 aliphatic rings. The first kappa shape index (κ1) is 18.6. The quantitative estimate of drug-likeness (QED) is 0.444. The van der Waals surface area contributed by atoms with Crippen molar-refractivity contribution in [2.24, 2.45) is 0 Å². The number of aromatic nitrogens is 1. The number of hydrogen-bond donors (Lipinski definition) is 0. The van der Waals surface area contributed by atoms with Gasteiger partial charge in [0.25, 0.3) is 5.91 Å². The molecule has 0 spiro atoms. The Kier molecular flexibility index (Phi) is 5.06. The zero-order chi connectivity index (χ0) is 19.1. The van der Waals surface area contributed by atoms with Crippen molar-refractivity contribution in [3.05, 3.63) is 51.0 Å². The summed E-state index contributed by atoms with van der Waals surface area (Å²) in [7, 11) is 0. The molecular formula is C20H17Cl3N2O2. The zero-order valence-corrected chi connectivity index (χ0v) is 16.9. The minimum absolute atomic E-state index is 0.0335. The van der Waals surface area contributed by atoms with Gasteiger partial charge >= 0.3 is 0 Å². The third kappa shape index (κ3) is 3.54. The van der Waals surface area contributed by atoms with Crippen molar-refractivity contribution < 1.29 is 9.21 Å². The van der Waals surface area contributed by atoms with E-state index in [0.29, 0.717) is 43.2 Å². The summed E-state index contributed by atoms with van der Waals surface area (Å²) in [6.07, 6.45) is 3.26. The Labute approximate surface area is 172 Å². The van der Waals surface area contributed by atoms with Gasteiger partial charge in [-0.2, -0.15) is 0 Å². The van der Waals surface area contributed by atoms with E-state index in [1.807, 2.05) is 4.90 Å². The van der Waals surface area contributed by atoms with E-state index >= 15 is 0 Å². The summed E-state index contributed by atoms with van der Waals surface area (Å²) in [5, 5.41) is 0.953. The second kappa shape index (κ2) is 7.34. The van der Waals surface area contributed by atoms with Crippen LogP contribution in [0.15, 0.2) is 34.7 Å². The summed E-state index contributed by atoms with van der Waals surface area (Å²) in [6.45, 7) is 2.89. The topological polar surface area (TPSA) is 46.3 Å². The van der Waals surface area contributed by atoms with E-state index in [4.69, 9.17) is 39.2 Å². The van der Waals surface area contributed by atoms with Gasteiger partial charge in [-0.3, -0.25) is 4.79 Å². The molecule has 0 radical (unpaired) electrons. The number of fused-ring (bicyclic) bond motifs is 1. The standard InChI is InChI=1S/C20H17Cl3N2O2/c1-11-4-2-3-7-25(11)20(26)12-5-6-17-16(10-12)24-19(27-17)13-8-14(21)18(23)15(22)9-13/h5-6,8-11H,2-4,7H2,1H3/t11-/m1/s1. The number of amides is 1. The van der Waals surface area contributed by atoms with E-state index in [1.54, 1.807) is 30.3 Å². The lowest BCUT2D eigenvalue weighted by Crippen LogP contribution is -2.42. The molecule has 0 saturated carbocycles. The maximum Gasteiger partial charge on any atom is 0.254 e. The Morgan fingerprint density at radius 2 is 1.89 bits per heavy atom. The normalized spacial score (nSPS) is 17.5. The predicted molar refractivity (Wildman–Crippen MR) is 109 cm³/mol. The van der Waals surface area contributed by atoms with Crippen LogP contribution in [0.1, 0.15) is 36.5 Å². The number of carbonyl (C=O) groups is 1. The average molecular weight is 424 g/mol. The Balaban J connectivity index is 1.69. The number of likely N-dealkylation sites (tertiary alicyclic amines) is 1. The van der Waals surface area contributed by atoms with Crippen molar-refractivity contribution in [2.45, 2.75) is 32.2 Å². The molecule has 7 heteroatoms. The SMILES string of the molecule is C[C@@H]1CCCCN1C(=O)c1ccc2oc(-c3cc(Cl)c(Cl)c(Cl)c3)nc2c1. The van der Waals surface area contributed by atoms with Crippen molar-refractivity contribution in [1.29, 1.82) is 0 Å². The first-order valence-electron chi connectivity index (χ1n) is 8.80.